The van der Waals surface area contributed by atoms with Gasteiger partial charge in [0.15, 0.2) is 16.0 Å². The number of β-lactam (4-membered cyclic amide) rings is 1. The predicted octanol–water partition coefficient (Wildman–Crippen LogP) is -0.0418. The summed E-state index contributed by atoms with van der Waals surface area (Å²) >= 11 is 3.57. The van der Waals surface area contributed by atoms with Crippen molar-refractivity contribution in [2.75, 3.05) is 17.2 Å². The molecule has 4 rings (SSSR count). The molecular weight excluding hydrogens is 548 g/mol. The Labute approximate surface area is 220 Å². The summed E-state index contributed by atoms with van der Waals surface area (Å²) in [7, 11) is 0. The van der Waals surface area contributed by atoms with Gasteiger partial charge < -0.3 is 26.1 Å². The molecule has 2 aromatic rings. The lowest BCUT2D eigenvalue weighted by Gasteiger charge is -2.49. The van der Waals surface area contributed by atoms with Crippen molar-refractivity contribution in [2.24, 2.45) is 5.16 Å². The molecule has 1 unspecified atom stereocenters. The molecule has 0 aliphatic carbocycles. The summed E-state index contributed by atoms with van der Waals surface area (Å²) in [6, 6.07) is -1.05. The number of nitrogens with zero attached hydrogens (tertiary/aromatic N) is 5. The van der Waals surface area contributed by atoms with Crippen LogP contribution in [0, 0.1) is 0 Å². The number of nitrogen functional groups attached to an aromatic ring is 1. The number of aliphatic carboxylic acids is 2. The zero-order chi connectivity index (χ0) is 26.9. The van der Waals surface area contributed by atoms with E-state index in [1.54, 1.807) is 0 Å². The summed E-state index contributed by atoms with van der Waals surface area (Å²) in [6.07, 6.45) is 1.33. The lowest BCUT2D eigenvalue weighted by molar-refractivity contribution is -0.161. The van der Waals surface area contributed by atoms with Crippen LogP contribution in [0.3, 0.4) is 0 Å². The van der Waals surface area contributed by atoms with Gasteiger partial charge in [0.05, 0.1) is 0 Å². The molecule has 6 N–H and O–H groups in total. The van der Waals surface area contributed by atoms with E-state index >= 15 is 0 Å². The van der Waals surface area contributed by atoms with E-state index in [9.17, 15) is 29.4 Å². The zero-order valence-corrected chi connectivity index (χ0v) is 21.6. The van der Waals surface area contributed by atoms with Crippen molar-refractivity contribution < 1.29 is 34.2 Å². The van der Waals surface area contributed by atoms with Crippen LogP contribution in [0.4, 0.5) is 5.13 Å². The Balaban J connectivity index is 1.52. The smallest absolute Gasteiger partial charge is 0.352 e. The number of carbonyl (C=O) groups is 4. The number of hydrogen-bond acceptors (Lipinski definition) is 13. The normalized spacial score (nSPS) is 19.8. The Hall–Kier alpha value is -3.64. The van der Waals surface area contributed by atoms with Crippen molar-refractivity contribution in [3.8, 4) is 0 Å². The second-order valence-electron chi connectivity index (χ2n) is 8.12. The van der Waals surface area contributed by atoms with Gasteiger partial charge in [-0.3, -0.25) is 19.6 Å². The average Bonchev–Trinajstić information content (AvgIpc) is 3.52. The first-order valence-corrected chi connectivity index (χ1v) is 13.3. The van der Waals surface area contributed by atoms with Crippen molar-refractivity contribution in [1.29, 1.82) is 0 Å². The quantitative estimate of drug-likeness (QED) is 0.110. The number of thioether (sulfide) groups is 2. The molecule has 15 nitrogen and oxygen atoms in total. The monoisotopic (exact) mass is 568 g/mol. The number of nitrogens with two attached hydrogens (primary N) is 1. The minimum absolute atomic E-state index is 0.0268. The highest BCUT2D eigenvalue weighted by Crippen LogP contribution is 2.41. The molecule has 1 saturated heterocycles. The number of carboxylic acids is 2. The van der Waals surface area contributed by atoms with E-state index in [0.29, 0.717) is 16.5 Å². The molecule has 18 heteroatoms. The Bertz CT molecular complexity index is 1310. The van der Waals surface area contributed by atoms with Crippen molar-refractivity contribution in [3.63, 3.8) is 0 Å². The Morgan fingerprint density at radius 3 is 2.76 bits per heavy atom. The molecule has 2 aromatic heterocycles. The Morgan fingerprint density at radius 2 is 2.16 bits per heavy atom. The van der Waals surface area contributed by atoms with E-state index in [-0.39, 0.29) is 28.0 Å². The van der Waals surface area contributed by atoms with E-state index in [1.165, 1.54) is 49.1 Å². The summed E-state index contributed by atoms with van der Waals surface area (Å²) < 4.78 is 0. The number of amides is 2. The van der Waals surface area contributed by atoms with E-state index in [2.05, 4.69) is 30.6 Å². The number of oxime groups is 1. The van der Waals surface area contributed by atoms with Crippen molar-refractivity contribution >= 4 is 69.5 Å². The summed E-state index contributed by atoms with van der Waals surface area (Å²) in [6.45, 7) is 2.49. The van der Waals surface area contributed by atoms with Crippen LogP contribution in [0.2, 0.25) is 0 Å². The number of carbonyl (C=O) groups excluding carboxylic acids is 2. The summed E-state index contributed by atoms with van der Waals surface area (Å²) in [5.41, 5.74) is 3.93. The summed E-state index contributed by atoms with van der Waals surface area (Å²) in [5, 5.41) is 33.1. The number of carboxylic acid groups (broad SMARTS) is 2. The third kappa shape index (κ3) is 5.39. The fourth-order valence-corrected chi connectivity index (χ4v) is 6.03. The van der Waals surface area contributed by atoms with Crippen LogP contribution < -0.4 is 11.1 Å². The van der Waals surface area contributed by atoms with Gasteiger partial charge in [-0.25, -0.2) is 19.6 Å². The molecule has 0 saturated carbocycles. The number of aromatic amines is 1. The third-order valence-electron chi connectivity index (χ3n) is 5.17. The number of nitrogens with one attached hydrogen (secondary N) is 2. The first-order chi connectivity index (χ1) is 17.5. The maximum Gasteiger partial charge on any atom is 0.352 e. The van der Waals surface area contributed by atoms with E-state index in [1.807, 2.05) is 0 Å². The second kappa shape index (κ2) is 10.4. The molecule has 196 valence electrons. The van der Waals surface area contributed by atoms with Crippen LogP contribution in [0.25, 0.3) is 0 Å². The number of fused-ring (bicyclic) bond motifs is 1. The van der Waals surface area contributed by atoms with Gasteiger partial charge in [0.25, 0.3) is 11.8 Å². The van der Waals surface area contributed by atoms with Gasteiger partial charge in [-0.15, -0.1) is 23.1 Å². The number of aromatic nitrogens is 4. The van der Waals surface area contributed by atoms with Crippen LogP contribution in [0.5, 0.6) is 0 Å². The molecule has 2 atom stereocenters. The van der Waals surface area contributed by atoms with Crippen molar-refractivity contribution in [3.05, 3.63) is 28.7 Å². The van der Waals surface area contributed by atoms with Crippen LogP contribution in [-0.2, 0) is 24.0 Å². The third-order valence-corrected chi connectivity index (χ3v) is 8.15. The van der Waals surface area contributed by atoms with E-state index in [4.69, 9.17) is 10.6 Å². The first kappa shape index (κ1) is 26.4. The highest BCUT2D eigenvalue weighted by Gasteiger charge is 2.54. The highest BCUT2D eigenvalue weighted by molar-refractivity contribution is 8.01. The fourth-order valence-electron chi connectivity index (χ4n) is 3.22. The van der Waals surface area contributed by atoms with E-state index < -0.39 is 40.8 Å². The van der Waals surface area contributed by atoms with Gasteiger partial charge in [0, 0.05) is 16.9 Å². The van der Waals surface area contributed by atoms with Crippen LogP contribution in [-0.4, -0.2) is 93.3 Å². The number of anilines is 1. The molecule has 0 radical (unpaired) electrons. The van der Waals surface area contributed by atoms with Gasteiger partial charge in [0.2, 0.25) is 5.60 Å². The van der Waals surface area contributed by atoms with Gasteiger partial charge in [-0.2, -0.15) is 5.10 Å². The number of hydrogen-bond donors (Lipinski definition) is 5. The molecule has 2 aliphatic rings. The molecule has 2 amide bonds. The second-order valence-corrected chi connectivity index (χ2v) is 11.1. The predicted molar refractivity (Wildman–Crippen MR) is 133 cm³/mol. The number of H-pyrrole nitrogens is 1. The lowest BCUT2D eigenvalue weighted by atomic mass is 10.0. The van der Waals surface area contributed by atoms with E-state index in [0.717, 1.165) is 16.2 Å². The lowest BCUT2D eigenvalue weighted by Crippen LogP contribution is -2.71. The standard InChI is InChI=1S/C19H20N8O7S3/c1-19(2,16(32)33)34-26-9(8-5-36-17(20)23-8)12(28)24-10-13(29)27-11(15(30)31)7(3-35-14(10)27)4-37-18-21-6-22-25-18/h5-6,10,14H,3-4H2,1-2H3,(H2,20,23)(H,24,28)(H,30,31)(H,32,33)(H,21,22,25)/t10?,14-/m1/s1. The van der Waals surface area contributed by atoms with Crippen molar-refractivity contribution in [2.45, 2.75) is 36.0 Å². The maximum absolute atomic E-state index is 13.1. The molecule has 0 spiro atoms. The topological polar surface area (TPSA) is 226 Å². The molecule has 37 heavy (non-hydrogen) atoms. The molecule has 1 fully saturated rings. The summed E-state index contributed by atoms with van der Waals surface area (Å²) in [4.78, 5) is 63.7. The average molecular weight is 569 g/mol. The number of thiazole rings is 1. The summed E-state index contributed by atoms with van der Waals surface area (Å²) in [5.74, 6) is -3.48. The minimum atomic E-state index is -1.75. The molecular formula is C19H20N8O7S3. The van der Waals surface area contributed by atoms with Crippen LogP contribution in [0.15, 0.2) is 33.3 Å². The van der Waals surface area contributed by atoms with Gasteiger partial charge in [-0.1, -0.05) is 16.9 Å². The molecule has 4 heterocycles. The van der Waals surface area contributed by atoms with Crippen molar-refractivity contribution in [1.82, 2.24) is 30.4 Å². The zero-order valence-electron chi connectivity index (χ0n) is 19.2. The van der Waals surface area contributed by atoms with Crippen LogP contribution >= 0.6 is 34.9 Å². The fraction of sp³-hybridized carbons (Fsp3) is 0.368. The Morgan fingerprint density at radius 1 is 1.41 bits per heavy atom. The maximum atomic E-state index is 13.1. The largest absolute Gasteiger partial charge is 0.478 e. The van der Waals surface area contributed by atoms with Gasteiger partial charge >= 0.3 is 11.9 Å². The van der Waals surface area contributed by atoms with Gasteiger partial charge in [0.1, 0.15) is 29.1 Å². The van der Waals surface area contributed by atoms with Crippen LogP contribution in [0.1, 0.15) is 19.5 Å². The van der Waals surface area contributed by atoms with Gasteiger partial charge in [-0.05, 0) is 19.4 Å². The SMILES string of the molecule is CC(C)(ON=C(C(=O)NC1C(=O)N2C(C(=O)O)=C(CSc3ncn[nH]3)CS[C@H]12)c1csc(N)n1)C(=O)O. The molecule has 0 bridgehead atoms. The first-order valence-electron chi connectivity index (χ1n) is 10.4. The number of rotatable bonds is 10. The molecule has 2 aliphatic heterocycles. The molecule has 0 aromatic carbocycles. The Kier molecular flexibility index (Phi) is 7.42. The highest BCUT2D eigenvalue weighted by atomic mass is 32.2. The minimum Gasteiger partial charge on any atom is -0.478 e.